The van der Waals surface area contributed by atoms with Gasteiger partial charge in [0.05, 0.1) is 12.3 Å². The summed E-state index contributed by atoms with van der Waals surface area (Å²) in [5.74, 6) is 3.30. The molecule has 0 saturated heterocycles. The lowest BCUT2D eigenvalue weighted by atomic mass is 10.0. The van der Waals surface area contributed by atoms with Crippen molar-refractivity contribution in [2.75, 3.05) is 0 Å². The van der Waals surface area contributed by atoms with Gasteiger partial charge < -0.3 is 9.73 Å². The highest BCUT2D eigenvalue weighted by Crippen LogP contribution is 2.30. The smallest absolute Gasteiger partial charge is 0.118 e. The van der Waals surface area contributed by atoms with Crippen LogP contribution in [0.25, 0.3) is 0 Å². The molecule has 2 aliphatic rings. The first-order valence-corrected chi connectivity index (χ1v) is 8.37. The Morgan fingerprint density at radius 1 is 1.06 bits per heavy atom. The second kappa shape index (κ2) is 6.16. The Bertz CT molecular complexity index is 366. The lowest BCUT2D eigenvalue weighted by Crippen LogP contribution is -2.14. The number of hydrogen-bond acceptors (Lipinski definition) is 3. The summed E-state index contributed by atoms with van der Waals surface area (Å²) in [5.41, 5.74) is 0. The van der Waals surface area contributed by atoms with E-state index in [-0.39, 0.29) is 0 Å². The normalized spacial score (nSPS) is 21.3. The Balaban J connectivity index is 1.41. The lowest BCUT2D eigenvalue weighted by molar-refractivity contribution is 0.457. The van der Waals surface area contributed by atoms with Crippen LogP contribution in [0.5, 0.6) is 0 Å². The second-order valence-electron chi connectivity index (χ2n) is 5.59. The Morgan fingerprint density at radius 2 is 1.83 bits per heavy atom. The van der Waals surface area contributed by atoms with Gasteiger partial charge in [-0.2, -0.15) is 11.8 Å². The average molecular weight is 265 g/mol. The Hall–Kier alpha value is -0.410. The lowest BCUT2D eigenvalue weighted by Gasteiger charge is -2.20. The maximum Gasteiger partial charge on any atom is 0.118 e. The van der Waals surface area contributed by atoms with Crippen molar-refractivity contribution in [3.63, 3.8) is 0 Å². The van der Waals surface area contributed by atoms with Gasteiger partial charge in [-0.15, -0.1) is 0 Å². The summed E-state index contributed by atoms with van der Waals surface area (Å²) < 4.78 is 5.87. The number of hydrogen-bond donors (Lipinski definition) is 1. The molecular formula is C15H23NOS. The topological polar surface area (TPSA) is 25.2 Å². The van der Waals surface area contributed by atoms with Crippen LogP contribution in [0.1, 0.15) is 56.5 Å². The van der Waals surface area contributed by atoms with Crippen molar-refractivity contribution >= 4 is 11.8 Å². The first-order valence-electron chi connectivity index (χ1n) is 7.33. The van der Waals surface area contributed by atoms with E-state index < -0.39 is 0 Å². The zero-order valence-electron chi connectivity index (χ0n) is 11.0. The van der Waals surface area contributed by atoms with Gasteiger partial charge >= 0.3 is 0 Å². The molecule has 18 heavy (non-hydrogen) atoms. The maximum absolute atomic E-state index is 5.87. The third-order valence-corrected chi connectivity index (χ3v) is 5.27. The van der Waals surface area contributed by atoms with E-state index in [2.05, 4.69) is 29.2 Å². The third-order valence-electron chi connectivity index (χ3n) is 3.87. The van der Waals surface area contributed by atoms with E-state index in [4.69, 9.17) is 4.42 Å². The monoisotopic (exact) mass is 265 g/mol. The zero-order valence-corrected chi connectivity index (χ0v) is 11.8. The third kappa shape index (κ3) is 3.79. The molecule has 1 heterocycles. The number of furan rings is 1. The van der Waals surface area contributed by atoms with Crippen LogP contribution in [0.15, 0.2) is 16.5 Å². The molecule has 2 aliphatic carbocycles. The summed E-state index contributed by atoms with van der Waals surface area (Å²) in [6.45, 7) is 0.902. The van der Waals surface area contributed by atoms with Crippen LogP contribution in [0, 0.1) is 0 Å². The predicted octanol–water partition coefficient (Wildman–Crippen LogP) is 4.10. The summed E-state index contributed by atoms with van der Waals surface area (Å²) in [5, 5.41) is 4.36. The number of nitrogens with one attached hydrogen (secondary N) is 1. The molecule has 0 spiro atoms. The molecule has 100 valence electrons. The van der Waals surface area contributed by atoms with Crippen LogP contribution >= 0.6 is 11.8 Å². The van der Waals surface area contributed by atoms with Crippen molar-refractivity contribution < 1.29 is 4.42 Å². The fourth-order valence-corrected chi connectivity index (χ4v) is 3.78. The van der Waals surface area contributed by atoms with Gasteiger partial charge in [0.1, 0.15) is 11.5 Å². The van der Waals surface area contributed by atoms with Crippen molar-refractivity contribution in [1.29, 1.82) is 0 Å². The summed E-state index contributed by atoms with van der Waals surface area (Å²) in [7, 11) is 0. The van der Waals surface area contributed by atoms with Gasteiger partial charge in [-0.25, -0.2) is 0 Å². The largest absolute Gasteiger partial charge is 0.464 e. The van der Waals surface area contributed by atoms with E-state index in [1.54, 1.807) is 0 Å². The highest BCUT2D eigenvalue weighted by Gasteiger charge is 2.20. The minimum Gasteiger partial charge on any atom is -0.464 e. The van der Waals surface area contributed by atoms with Gasteiger partial charge in [0.25, 0.3) is 0 Å². The average Bonchev–Trinajstić information content (AvgIpc) is 3.14. The predicted molar refractivity (Wildman–Crippen MR) is 76.7 cm³/mol. The van der Waals surface area contributed by atoms with Crippen LogP contribution in [-0.2, 0) is 12.3 Å². The van der Waals surface area contributed by atoms with Crippen molar-refractivity contribution in [2.24, 2.45) is 0 Å². The van der Waals surface area contributed by atoms with Crippen LogP contribution in [0.4, 0.5) is 0 Å². The molecule has 2 nitrogen and oxygen atoms in total. The summed E-state index contributed by atoms with van der Waals surface area (Å²) in [6.07, 6.45) is 9.77. The molecule has 0 atom stereocenters. The van der Waals surface area contributed by atoms with Gasteiger partial charge in [0.2, 0.25) is 0 Å². The summed E-state index contributed by atoms with van der Waals surface area (Å²) in [6, 6.07) is 5.04. The highest BCUT2D eigenvalue weighted by atomic mass is 32.2. The van der Waals surface area contributed by atoms with Crippen LogP contribution in [0.2, 0.25) is 0 Å². The zero-order chi connectivity index (χ0) is 12.2. The maximum atomic E-state index is 5.87. The molecule has 3 heteroatoms. The molecule has 1 aromatic rings. The number of thioether (sulfide) groups is 1. The first kappa shape index (κ1) is 12.6. The summed E-state index contributed by atoms with van der Waals surface area (Å²) >= 11 is 2.09. The van der Waals surface area contributed by atoms with Crippen molar-refractivity contribution in [1.82, 2.24) is 5.32 Å². The molecular weight excluding hydrogens is 242 g/mol. The fraction of sp³-hybridized carbons (Fsp3) is 0.733. The van der Waals surface area contributed by atoms with Gasteiger partial charge in [-0.3, -0.25) is 0 Å². The van der Waals surface area contributed by atoms with Crippen molar-refractivity contribution in [2.45, 2.75) is 68.5 Å². The highest BCUT2D eigenvalue weighted by molar-refractivity contribution is 7.99. The fourth-order valence-electron chi connectivity index (χ4n) is 2.56. The Morgan fingerprint density at radius 3 is 2.61 bits per heavy atom. The quantitative estimate of drug-likeness (QED) is 0.838. The molecule has 2 fully saturated rings. The molecule has 0 radical (unpaired) electrons. The second-order valence-corrected chi connectivity index (χ2v) is 6.88. The SMILES string of the molecule is c1cc(CSC2CCCCC2)oc1CNC1CC1. The van der Waals surface area contributed by atoms with Gasteiger partial charge in [-0.1, -0.05) is 19.3 Å². The first-order chi connectivity index (χ1) is 8.90. The molecule has 0 aliphatic heterocycles. The van der Waals surface area contributed by atoms with Crippen molar-refractivity contribution in [3.8, 4) is 0 Å². The minimum atomic E-state index is 0.759. The van der Waals surface area contributed by atoms with Crippen LogP contribution in [0.3, 0.4) is 0 Å². The summed E-state index contributed by atoms with van der Waals surface area (Å²) in [4.78, 5) is 0. The number of rotatable bonds is 6. The molecule has 0 bridgehead atoms. The van der Waals surface area contributed by atoms with E-state index in [0.29, 0.717) is 0 Å². The van der Waals surface area contributed by atoms with Crippen molar-refractivity contribution in [3.05, 3.63) is 23.7 Å². The van der Waals surface area contributed by atoms with E-state index >= 15 is 0 Å². The molecule has 0 amide bonds. The Labute approximate surface area is 114 Å². The van der Waals surface area contributed by atoms with Gasteiger partial charge in [0, 0.05) is 11.3 Å². The van der Waals surface area contributed by atoms with Crippen LogP contribution < -0.4 is 5.32 Å². The molecule has 0 unspecified atom stereocenters. The Kier molecular flexibility index (Phi) is 4.32. The van der Waals surface area contributed by atoms with E-state index in [1.807, 2.05) is 0 Å². The van der Waals surface area contributed by atoms with E-state index in [1.165, 1.54) is 44.9 Å². The van der Waals surface area contributed by atoms with Gasteiger partial charge in [-0.05, 0) is 37.8 Å². The molecule has 1 N–H and O–H groups in total. The molecule has 3 rings (SSSR count). The molecule has 0 aromatic carbocycles. The minimum absolute atomic E-state index is 0.759. The molecule has 1 aromatic heterocycles. The van der Waals surface area contributed by atoms with E-state index in [9.17, 15) is 0 Å². The van der Waals surface area contributed by atoms with Crippen LogP contribution in [-0.4, -0.2) is 11.3 Å². The standard InChI is InChI=1S/C15H23NOS/c1-2-4-15(5-3-1)18-11-14-9-8-13(17-14)10-16-12-6-7-12/h8-9,12,15-16H,1-7,10-11H2. The van der Waals surface area contributed by atoms with E-state index in [0.717, 1.165) is 35.1 Å². The van der Waals surface area contributed by atoms with Gasteiger partial charge in [0.15, 0.2) is 0 Å². The molecule has 2 saturated carbocycles.